The number of rotatable bonds is 6. The van der Waals surface area contributed by atoms with Crippen LogP contribution in [0.5, 0.6) is 0 Å². The largest absolute Gasteiger partial charge is 0.383 e. The van der Waals surface area contributed by atoms with Crippen LogP contribution >= 0.6 is 0 Å². The van der Waals surface area contributed by atoms with Gasteiger partial charge in [-0.2, -0.15) is 0 Å². The lowest BCUT2D eigenvalue weighted by Gasteiger charge is -2.13. The molecule has 0 amide bonds. The summed E-state index contributed by atoms with van der Waals surface area (Å²) in [4.78, 5) is 12.7. The topological polar surface area (TPSA) is 37.3 Å². The van der Waals surface area contributed by atoms with Gasteiger partial charge in [-0.15, -0.1) is 5.73 Å². The van der Waals surface area contributed by atoms with Gasteiger partial charge in [-0.3, -0.25) is 4.79 Å². The number of ketones is 1. The van der Waals surface area contributed by atoms with E-state index in [9.17, 15) is 9.90 Å². The first-order valence-electron chi connectivity index (χ1n) is 7.93. The van der Waals surface area contributed by atoms with Crippen LogP contribution in [-0.2, 0) is 0 Å². The van der Waals surface area contributed by atoms with Gasteiger partial charge in [-0.05, 0) is 25.0 Å². The molecule has 2 heteroatoms. The number of unbranched alkanes of at least 4 members (excludes halogenated alkanes) is 1. The summed E-state index contributed by atoms with van der Waals surface area (Å²) in [6.45, 7) is 4.05. The lowest BCUT2D eigenvalue weighted by atomic mass is 9.94. The van der Waals surface area contributed by atoms with Crippen LogP contribution in [-0.4, -0.2) is 10.9 Å². The van der Waals surface area contributed by atoms with Crippen molar-refractivity contribution in [1.29, 1.82) is 0 Å². The zero-order valence-electron chi connectivity index (χ0n) is 13.6. The second kappa shape index (κ2) is 8.28. The number of aryl methyl sites for hydroxylation is 1. The van der Waals surface area contributed by atoms with Crippen molar-refractivity contribution in [2.75, 3.05) is 0 Å². The van der Waals surface area contributed by atoms with Crippen molar-refractivity contribution in [2.45, 2.75) is 32.8 Å². The van der Waals surface area contributed by atoms with Crippen LogP contribution in [0.25, 0.3) is 0 Å². The van der Waals surface area contributed by atoms with Crippen molar-refractivity contribution in [3.8, 4) is 0 Å². The van der Waals surface area contributed by atoms with Crippen LogP contribution < -0.4 is 0 Å². The number of carbonyl (C=O) groups excluding carboxylic acids is 1. The van der Waals surface area contributed by atoms with E-state index >= 15 is 0 Å². The normalized spacial score (nSPS) is 11.4. The lowest BCUT2D eigenvalue weighted by molar-refractivity contribution is 0.0987. The van der Waals surface area contributed by atoms with Gasteiger partial charge in [0.25, 0.3) is 0 Å². The summed E-state index contributed by atoms with van der Waals surface area (Å²) < 4.78 is 0. The van der Waals surface area contributed by atoms with Gasteiger partial charge in [-0.25, -0.2) is 0 Å². The van der Waals surface area contributed by atoms with E-state index in [1.165, 1.54) is 0 Å². The molecule has 2 aromatic rings. The minimum absolute atomic E-state index is 0.189. The number of hydrogen-bond donors (Lipinski definition) is 1. The highest BCUT2D eigenvalue weighted by Gasteiger charge is 2.21. The minimum atomic E-state index is -0.976. The van der Waals surface area contributed by atoms with E-state index in [1.54, 1.807) is 12.1 Å². The highest BCUT2D eigenvalue weighted by Crippen LogP contribution is 2.24. The molecule has 2 aromatic carbocycles. The SMILES string of the molecule is CCCC=C=C(C(=O)c1ccccc1)[C@H](O)c1ccc(C)cc1. The van der Waals surface area contributed by atoms with Gasteiger partial charge in [0.15, 0.2) is 5.78 Å². The highest BCUT2D eigenvalue weighted by atomic mass is 16.3. The Morgan fingerprint density at radius 2 is 1.78 bits per heavy atom. The fourth-order valence-electron chi connectivity index (χ4n) is 2.26. The fourth-order valence-corrected chi connectivity index (χ4v) is 2.26. The Hall–Kier alpha value is -2.41. The third kappa shape index (κ3) is 4.53. The van der Waals surface area contributed by atoms with Crippen molar-refractivity contribution in [1.82, 2.24) is 0 Å². The Morgan fingerprint density at radius 1 is 1.13 bits per heavy atom. The molecule has 0 bridgehead atoms. The van der Waals surface area contributed by atoms with Crippen molar-refractivity contribution in [3.05, 3.63) is 88.7 Å². The Labute approximate surface area is 137 Å². The maximum absolute atomic E-state index is 12.7. The molecule has 0 unspecified atom stereocenters. The Balaban J connectivity index is 2.40. The summed E-state index contributed by atoms with van der Waals surface area (Å²) in [6, 6.07) is 16.6. The molecule has 0 heterocycles. The van der Waals surface area contributed by atoms with E-state index in [4.69, 9.17) is 0 Å². The first-order chi connectivity index (χ1) is 11.1. The quantitative estimate of drug-likeness (QED) is 0.473. The second-order valence-corrected chi connectivity index (χ2v) is 5.56. The van der Waals surface area contributed by atoms with Crippen molar-refractivity contribution in [2.24, 2.45) is 0 Å². The van der Waals surface area contributed by atoms with Crippen LogP contribution in [0.4, 0.5) is 0 Å². The van der Waals surface area contributed by atoms with E-state index in [2.05, 4.69) is 12.7 Å². The van der Waals surface area contributed by atoms with Crippen molar-refractivity contribution in [3.63, 3.8) is 0 Å². The maximum atomic E-state index is 12.7. The summed E-state index contributed by atoms with van der Waals surface area (Å²) in [6.07, 6.45) is 2.65. The molecule has 2 rings (SSSR count). The van der Waals surface area contributed by atoms with Crippen LogP contribution in [0, 0.1) is 6.92 Å². The Morgan fingerprint density at radius 3 is 2.39 bits per heavy atom. The van der Waals surface area contributed by atoms with Gasteiger partial charge in [0, 0.05) is 5.56 Å². The summed E-state index contributed by atoms with van der Waals surface area (Å²) in [5.74, 6) is -0.189. The summed E-state index contributed by atoms with van der Waals surface area (Å²) in [7, 11) is 0. The molecular formula is C21H22O2. The molecule has 1 N–H and O–H groups in total. The lowest BCUT2D eigenvalue weighted by Crippen LogP contribution is -2.11. The molecule has 0 aliphatic rings. The highest BCUT2D eigenvalue weighted by molar-refractivity contribution is 6.09. The number of aliphatic hydroxyl groups excluding tert-OH is 1. The summed E-state index contributed by atoms with van der Waals surface area (Å²) in [5, 5.41) is 10.7. The molecule has 0 radical (unpaired) electrons. The standard InChI is InChI=1S/C21H22O2/c1-3-4-6-11-19(20(22)17-9-7-5-8-10-17)21(23)18-14-12-16(2)13-15-18/h5-10,12-15,21,23H,3-4H2,1-2H3/t11?,21-/m1/s1. The maximum Gasteiger partial charge on any atom is 0.199 e. The Bertz CT molecular complexity index is 705. The van der Waals surface area contributed by atoms with E-state index < -0.39 is 6.10 Å². The van der Waals surface area contributed by atoms with Crippen LogP contribution in [0.2, 0.25) is 0 Å². The molecule has 118 valence electrons. The van der Waals surface area contributed by atoms with Crippen molar-refractivity contribution >= 4 is 5.78 Å². The molecule has 2 nitrogen and oxygen atoms in total. The van der Waals surface area contributed by atoms with Gasteiger partial charge >= 0.3 is 0 Å². The molecular weight excluding hydrogens is 284 g/mol. The van der Waals surface area contributed by atoms with E-state index in [0.29, 0.717) is 11.1 Å². The molecule has 23 heavy (non-hydrogen) atoms. The first kappa shape index (κ1) is 17.0. The third-order valence-electron chi connectivity index (χ3n) is 3.64. The first-order valence-corrected chi connectivity index (χ1v) is 7.93. The monoisotopic (exact) mass is 306 g/mol. The molecule has 0 saturated heterocycles. The number of benzene rings is 2. The van der Waals surface area contributed by atoms with Crippen molar-refractivity contribution < 1.29 is 9.90 Å². The number of aliphatic hydroxyl groups is 1. The second-order valence-electron chi connectivity index (χ2n) is 5.56. The molecule has 0 aliphatic carbocycles. The zero-order valence-corrected chi connectivity index (χ0v) is 13.6. The van der Waals surface area contributed by atoms with Gasteiger partial charge in [-0.1, -0.05) is 73.5 Å². The van der Waals surface area contributed by atoms with Gasteiger partial charge < -0.3 is 5.11 Å². The molecule has 0 aromatic heterocycles. The minimum Gasteiger partial charge on any atom is -0.383 e. The predicted octanol–water partition coefficient (Wildman–Crippen LogP) is 4.79. The molecule has 0 spiro atoms. The van der Waals surface area contributed by atoms with Crippen LogP contribution in [0.15, 0.2) is 72.0 Å². The Kier molecular flexibility index (Phi) is 6.10. The van der Waals surface area contributed by atoms with Gasteiger partial charge in [0.05, 0.1) is 5.57 Å². The summed E-state index contributed by atoms with van der Waals surface area (Å²) in [5.41, 5.74) is 5.69. The van der Waals surface area contributed by atoms with E-state index in [-0.39, 0.29) is 11.4 Å². The summed E-state index contributed by atoms with van der Waals surface area (Å²) >= 11 is 0. The van der Waals surface area contributed by atoms with E-state index in [0.717, 1.165) is 18.4 Å². The van der Waals surface area contributed by atoms with E-state index in [1.807, 2.05) is 55.5 Å². The molecule has 0 saturated carbocycles. The average Bonchev–Trinajstić information content (AvgIpc) is 2.59. The number of carbonyl (C=O) groups is 1. The van der Waals surface area contributed by atoms with Gasteiger partial charge in [0.1, 0.15) is 6.10 Å². The molecule has 1 atom stereocenters. The average molecular weight is 306 g/mol. The number of hydrogen-bond acceptors (Lipinski definition) is 2. The smallest absolute Gasteiger partial charge is 0.199 e. The number of Topliss-reactive ketones (excluding diaryl/α,β-unsaturated/α-hetero) is 1. The fraction of sp³-hybridized carbons (Fsp3) is 0.238. The van der Waals surface area contributed by atoms with Gasteiger partial charge in [0.2, 0.25) is 0 Å². The van der Waals surface area contributed by atoms with Crippen LogP contribution in [0.1, 0.15) is 47.4 Å². The van der Waals surface area contributed by atoms with Crippen LogP contribution in [0.3, 0.4) is 0 Å². The molecule has 0 fully saturated rings. The molecule has 0 aliphatic heterocycles. The zero-order chi connectivity index (χ0) is 16.7. The third-order valence-corrected chi connectivity index (χ3v) is 3.64. The predicted molar refractivity (Wildman–Crippen MR) is 93.4 cm³/mol.